The minimum atomic E-state index is 0. The fraction of sp³-hybridized carbons (Fsp3) is 0.400. The van der Waals surface area contributed by atoms with E-state index in [9.17, 15) is 0 Å². The van der Waals surface area contributed by atoms with Gasteiger partial charge in [0.05, 0.1) is 0 Å². The highest BCUT2D eigenvalue weighted by molar-refractivity contribution is 9.10. The Hall–Kier alpha value is -0.0500. The molecule has 72 valence electrons. The SMILES string of the molecule is CN1CCc2ccc(Br)cc2C1.Cl. The molecule has 0 saturated heterocycles. The van der Waals surface area contributed by atoms with Crippen molar-refractivity contribution in [2.45, 2.75) is 13.0 Å². The van der Waals surface area contributed by atoms with Gasteiger partial charge in [-0.2, -0.15) is 0 Å². The summed E-state index contributed by atoms with van der Waals surface area (Å²) < 4.78 is 1.19. The molecule has 3 heteroatoms. The first-order valence-electron chi connectivity index (χ1n) is 4.21. The quantitative estimate of drug-likeness (QED) is 0.695. The molecule has 1 aliphatic rings. The molecule has 0 bridgehead atoms. The van der Waals surface area contributed by atoms with Crippen LogP contribution in [0.3, 0.4) is 0 Å². The Morgan fingerprint density at radius 2 is 2.08 bits per heavy atom. The van der Waals surface area contributed by atoms with Crippen molar-refractivity contribution in [2.75, 3.05) is 13.6 Å². The molecule has 0 spiro atoms. The van der Waals surface area contributed by atoms with Gasteiger partial charge in [-0.1, -0.05) is 22.0 Å². The Labute approximate surface area is 93.7 Å². The Morgan fingerprint density at radius 3 is 2.85 bits per heavy atom. The van der Waals surface area contributed by atoms with Crippen LogP contribution >= 0.6 is 28.3 Å². The molecule has 0 N–H and O–H groups in total. The van der Waals surface area contributed by atoms with E-state index < -0.39 is 0 Å². The molecule has 2 rings (SSSR count). The Balaban J connectivity index is 0.000000845. The first-order valence-corrected chi connectivity index (χ1v) is 5.01. The average Bonchev–Trinajstić information content (AvgIpc) is 2.03. The van der Waals surface area contributed by atoms with Gasteiger partial charge in [0.2, 0.25) is 0 Å². The molecule has 1 heterocycles. The molecular weight excluding hydrogens is 249 g/mol. The number of hydrogen-bond acceptors (Lipinski definition) is 1. The summed E-state index contributed by atoms with van der Waals surface area (Å²) in [6.07, 6.45) is 1.19. The van der Waals surface area contributed by atoms with Gasteiger partial charge in [0, 0.05) is 17.6 Å². The third-order valence-electron chi connectivity index (χ3n) is 2.37. The zero-order valence-corrected chi connectivity index (χ0v) is 9.99. The first kappa shape index (κ1) is 11.0. The molecule has 0 aromatic heterocycles. The standard InChI is InChI=1S/C10H12BrN.ClH/c1-12-5-4-8-2-3-10(11)6-9(8)7-12;/h2-3,6H,4-5,7H2,1H3;1H. The Morgan fingerprint density at radius 1 is 1.31 bits per heavy atom. The topological polar surface area (TPSA) is 3.24 Å². The molecule has 0 radical (unpaired) electrons. The Bertz CT molecular complexity index is 301. The number of benzene rings is 1. The van der Waals surface area contributed by atoms with E-state index in [1.54, 1.807) is 0 Å². The smallest absolute Gasteiger partial charge is 0.0233 e. The van der Waals surface area contributed by atoms with Crippen LogP contribution in [0.5, 0.6) is 0 Å². The van der Waals surface area contributed by atoms with Gasteiger partial charge in [-0.25, -0.2) is 0 Å². The molecule has 0 saturated carbocycles. The van der Waals surface area contributed by atoms with Crippen molar-refractivity contribution in [3.05, 3.63) is 33.8 Å². The molecule has 1 aliphatic heterocycles. The lowest BCUT2D eigenvalue weighted by atomic mass is 10.0. The van der Waals surface area contributed by atoms with Gasteiger partial charge in [-0.15, -0.1) is 12.4 Å². The second-order valence-electron chi connectivity index (χ2n) is 3.40. The van der Waals surface area contributed by atoms with Crippen LogP contribution < -0.4 is 0 Å². The van der Waals surface area contributed by atoms with Crippen LogP contribution in [0.4, 0.5) is 0 Å². The van der Waals surface area contributed by atoms with Crippen molar-refractivity contribution in [1.82, 2.24) is 4.90 Å². The number of likely N-dealkylation sites (N-methyl/N-ethyl adjacent to an activating group) is 1. The van der Waals surface area contributed by atoms with E-state index in [1.165, 1.54) is 28.6 Å². The van der Waals surface area contributed by atoms with Crippen LogP contribution in [-0.4, -0.2) is 18.5 Å². The largest absolute Gasteiger partial charge is 0.302 e. The highest BCUT2D eigenvalue weighted by atomic mass is 79.9. The van der Waals surface area contributed by atoms with Crippen molar-refractivity contribution in [3.8, 4) is 0 Å². The predicted octanol–water partition coefficient (Wildman–Crippen LogP) is 2.86. The second-order valence-corrected chi connectivity index (χ2v) is 4.32. The molecule has 0 amide bonds. The summed E-state index contributed by atoms with van der Waals surface area (Å²) in [4.78, 5) is 2.36. The third kappa shape index (κ3) is 2.46. The van der Waals surface area contributed by atoms with Gasteiger partial charge >= 0.3 is 0 Å². The zero-order valence-electron chi connectivity index (χ0n) is 7.59. The van der Waals surface area contributed by atoms with E-state index in [-0.39, 0.29) is 12.4 Å². The molecule has 1 nitrogen and oxygen atoms in total. The maximum atomic E-state index is 3.49. The predicted molar refractivity (Wildman–Crippen MR) is 61.4 cm³/mol. The minimum Gasteiger partial charge on any atom is -0.302 e. The number of halogens is 2. The summed E-state index contributed by atoms with van der Waals surface area (Å²) >= 11 is 3.49. The Kier molecular flexibility index (Phi) is 3.77. The van der Waals surface area contributed by atoms with Crippen LogP contribution in [0, 0.1) is 0 Å². The maximum absolute atomic E-state index is 3.49. The lowest BCUT2D eigenvalue weighted by molar-refractivity contribution is 0.313. The lowest BCUT2D eigenvalue weighted by Crippen LogP contribution is -2.26. The molecule has 0 atom stereocenters. The lowest BCUT2D eigenvalue weighted by Gasteiger charge is -2.24. The monoisotopic (exact) mass is 261 g/mol. The van der Waals surface area contributed by atoms with Gasteiger partial charge in [0.25, 0.3) is 0 Å². The van der Waals surface area contributed by atoms with Crippen molar-refractivity contribution in [3.63, 3.8) is 0 Å². The van der Waals surface area contributed by atoms with E-state index in [2.05, 4.69) is 46.1 Å². The molecule has 0 unspecified atom stereocenters. The van der Waals surface area contributed by atoms with E-state index in [4.69, 9.17) is 0 Å². The summed E-state index contributed by atoms with van der Waals surface area (Å²) in [5.74, 6) is 0. The van der Waals surface area contributed by atoms with Crippen molar-refractivity contribution in [1.29, 1.82) is 0 Å². The fourth-order valence-electron chi connectivity index (χ4n) is 1.67. The van der Waals surface area contributed by atoms with Crippen LogP contribution in [-0.2, 0) is 13.0 Å². The molecule has 13 heavy (non-hydrogen) atoms. The maximum Gasteiger partial charge on any atom is 0.0233 e. The molecular formula is C10H13BrClN. The number of hydrogen-bond donors (Lipinski definition) is 0. The summed E-state index contributed by atoms with van der Waals surface area (Å²) in [5.41, 5.74) is 2.98. The number of rotatable bonds is 0. The normalized spacial score (nSPS) is 16.2. The molecule has 1 aromatic rings. The minimum absolute atomic E-state index is 0. The number of nitrogens with zero attached hydrogens (tertiary/aromatic N) is 1. The van der Waals surface area contributed by atoms with Crippen molar-refractivity contribution in [2.24, 2.45) is 0 Å². The van der Waals surface area contributed by atoms with Gasteiger partial charge in [-0.05, 0) is 36.7 Å². The van der Waals surface area contributed by atoms with E-state index in [1.807, 2.05) is 0 Å². The van der Waals surface area contributed by atoms with Gasteiger partial charge in [0.15, 0.2) is 0 Å². The van der Waals surface area contributed by atoms with E-state index >= 15 is 0 Å². The summed E-state index contributed by atoms with van der Waals surface area (Å²) in [7, 11) is 2.17. The number of fused-ring (bicyclic) bond motifs is 1. The van der Waals surface area contributed by atoms with Crippen LogP contribution in [0.15, 0.2) is 22.7 Å². The molecule has 1 aromatic carbocycles. The van der Waals surface area contributed by atoms with Crippen molar-refractivity contribution < 1.29 is 0 Å². The van der Waals surface area contributed by atoms with Gasteiger partial charge in [0.1, 0.15) is 0 Å². The fourth-order valence-corrected chi connectivity index (χ4v) is 2.08. The summed E-state index contributed by atoms with van der Waals surface area (Å²) in [5, 5.41) is 0. The van der Waals surface area contributed by atoms with Crippen LogP contribution in [0.1, 0.15) is 11.1 Å². The van der Waals surface area contributed by atoms with Gasteiger partial charge in [-0.3, -0.25) is 0 Å². The van der Waals surface area contributed by atoms with E-state index in [0.29, 0.717) is 0 Å². The highest BCUT2D eigenvalue weighted by Crippen LogP contribution is 2.21. The first-order chi connectivity index (χ1) is 5.75. The van der Waals surface area contributed by atoms with Crippen LogP contribution in [0.2, 0.25) is 0 Å². The zero-order chi connectivity index (χ0) is 8.55. The highest BCUT2D eigenvalue weighted by Gasteiger charge is 2.12. The van der Waals surface area contributed by atoms with E-state index in [0.717, 1.165) is 6.54 Å². The third-order valence-corrected chi connectivity index (χ3v) is 2.86. The second kappa shape index (κ2) is 4.45. The van der Waals surface area contributed by atoms with Crippen LogP contribution in [0.25, 0.3) is 0 Å². The average molecular weight is 263 g/mol. The molecule has 0 fully saturated rings. The molecule has 0 aliphatic carbocycles. The summed E-state index contributed by atoms with van der Waals surface area (Å²) in [6, 6.07) is 6.58. The van der Waals surface area contributed by atoms with Crippen molar-refractivity contribution >= 4 is 28.3 Å². The van der Waals surface area contributed by atoms with Gasteiger partial charge < -0.3 is 4.90 Å². The summed E-state index contributed by atoms with van der Waals surface area (Å²) in [6.45, 7) is 2.28.